The molecule has 1 unspecified atom stereocenters. The van der Waals surface area contributed by atoms with E-state index in [0.29, 0.717) is 19.5 Å². The zero-order valence-electron chi connectivity index (χ0n) is 8.15. The van der Waals surface area contributed by atoms with Crippen molar-refractivity contribution in [3.63, 3.8) is 0 Å². The van der Waals surface area contributed by atoms with Crippen molar-refractivity contribution in [3.05, 3.63) is 0 Å². The molecule has 1 aliphatic heterocycles. The summed E-state index contributed by atoms with van der Waals surface area (Å²) in [6.07, 6.45) is 0.455. The molecule has 0 saturated carbocycles. The van der Waals surface area contributed by atoms with E-state index in [1.54, 1.807) is 0 Å². The van der Waals surface area contributed by atoms with Gasteiger partial charge in [-0.15, -0.1) is 0 Å². The SMILES string of the molecule is O=C(OCC(F)(F)S(=O)(=O)O)C1CCNC1. The summed E-state index contributed by atoms with van der Waals surface area (Å²) in [6, 6.07) is 0. The summed E-state index contributed by atoms with van der Waals surface area (Å²) in [7, 11) is -5.55. The quantitative estimate of drug-likeness (QED) is 0.528. The van der Waals surface area contributed by atoms with Gasteiger partial charge in [0.2, 0.25) is 0 Å². The van der Waals surface area contributed by atoms with Crippen LogP contribution in [-0.2, 0) is 19.6 Å². The molecule has 2 N–H and O–H groups in total. The van der Waals surface area contributed by atoms with Gasteiger partial charge in [0.25, 0.3) is 0 Å². The van der Waals surface area contributed by atoms with Crippen LogP contribution < -0.4 is 5.32 Å². The van der Waals surface area contributed by atoms with Crippen molar-refractivity contribution in [1.29, 1.82) is 0 Å². The van der Waals surface area contributed by atoms with Crippen molar-refractivity contribution in [2.45, 2.75) is 11.7 Å². The van der Waals surface area contributed by atoms with Gasteiger partial charge < -0.3 is 10.1 Å². The van der Waals surface area contributed by atoms with Crippen LogP contribution in [0.3, 0.4) is 0 Å². The van der Waals surface area contributed by atoms with Gasteiger partial charge in [-0.2, -0.15) is 17.2 Å². The van der Waals surface area contributed by atoms with Crippen molar-refractivity contribution in [3.8, 4) is 0 Å². The maximum absolute atomic E-state index is 12.6. The number of rotatable bonds is 4. The first kappa shape index (κ1) is 13.3. The Morgan fingerprint density at radius 1 is 1.56 bits per heavy atom. The Morgan fingerprint density at radius 3 is 2.62 bits per heavy atom. The van der Waals surface area contributed by atoms with E-state index in [9.17, 15) is 22.0 Å². The van der Waals surface area contributed by atoms with Crippen molar-refractivity contribution in [2.24, 2.45) is 5.92 Å². The fourth-order valence-electron chi connectivity index (χ4n) is 1.20. The van der Waals surface area contributed by atoms with Gasteiger partial charge in [-0.25, -0.2) is 0 Å². The molecule has 0 radical (unpaired) electrons. The molecule has 94 valence electrons. The first-order valence-corrected chi connectivity index (χ1v) is 5.90. The van der Waals surface area contributed by atoms with Gasteiger partial charge in [0.1, 0.15) is 0 Å². The molecule has 1 fully saturated rings. The number of carbonyl (C=O) groups excluding carboxylic acids is 1. The Hall–Kier alpha value is -0.800. The summed E-state index contributed by atoms with van der Waals surface area (Å²) in [5.74, 6) is -1.44. The Bertz CT molecular complexity index is 363. The Morgan fingerprint density at radius 2 is 2.19 bits per heavy atom. The summed E-state index contributed by atoms with van der Waals surface area (Å²) >= 11 is 0. The van der Waals surface area contributed by atoms with Crippen LogP contribution in [0, 0.1) is 5.92 Å². The summed E-state index contributed by atoms with van der Waals surface area (Å²) in [5, 5.41) is -1.64. The predicted molar refractivity (Wildman–Crippen MR) is 48.4 cm³/mol. The topological polar surface area (TPSA) is 92.7 Å². The minimum atomic E-state index is -5.55. The van der Waals surface area contributed by atoms with E-state index in [1.165, 1.54) is 0 Å². The third-order valence-corrected chi connectivity index (χ3v) is 3.03. The van der Waals surface area contributed by atoms with Crippen LogP contribution in [0.2, 0.25) is 0 Å². The standard InChI is InChI=1S/C7H11F2NO5S/c8-7(9,16(12,13)14)4-15-6(11)5-1-2-10-3-5/h5,10H,1-4H2,(H,12,13,14). The average Bonchev–Trinajstić information content (AvgIpc) is 2.65. The highest BCUT2D eigenvalue weighted by Crippen LogP contribution is 2.21. The third kappa shape index (κ3) is 3.09. The zero-order valence-corrected chi connectivity index (χ0v) is 8.97. The molecular weight excluding hydrogens is 248 g/mol. The lowest BCUT2D eigenvalue weighted by molar-refractivity contribution is -0.153. The number of halogens is 2. The molecule has 0 aromatic rings. The molecule has 0 spiro atoms. The minimum Gasteiger partial charge on any atom is -0.458 e. The molecule has 0 aromatic heterocycles. The Kier molecular flexibility index (Phi) is 3.81. The van der Waals surface area contributed by atoms with Crippen molar-refractivity contribution < 1.29 is 31.3 Å². The molecular formula is C7H11F2NO5S. The first-order chi connectivity index (χ1) is 7.24. The molecule has 1 rings (SSSR count). The van der Waals surface area contributed by atoms with Crippen LogP contribution in [0.15, 0.2) is 0 Å². The lowest BCUT2D eigenvalue weighted by Crippen LogP contribution is -2.35. The van der Waals surface area contributed by atoms with E-state index < -0.39 is 33.9 Å². The van der Waals surface area contributed by atoms with Gasteiger partial charge >= 0.3 is 21.3 Å². The second-order valence-electron chi connectivity index (χ2n) is 3.41. The lowest BCUT2D eigenvalue weighted by atomic mass is 10.1. The van der Waals surface area contributed by atoms with E-state index >= 15 is 0 Å². The number of carbonyl (C=O) groups is 1. The molecule has 1 saturated heterocycles. The molecule has 9 heteroatoms. The summed E-state index contributed by atoms with van der Waals surface area (Å²) in [4.78, 5) is 11.1. The van der Waals surface area contributed by atoms with Gasteiger partial charge in [-0.05, 0) is 13.0 Å². The number of esters is 1. The molecule has 0 amide bonds. The van der Waals surface area contributed by atoms with Crippen LogP contribution in [0.4, 0.5) is 8.78 Å². The number of alkyl halides is 2. The molecule has 0 bridgehead atoms. The van der Waals surface area contributed by atoms with Gasteiger partial charge in [-0.1, -0.05) is 0 Å². The molecule has 6 nitrogen and oxygen atoms in total. The van der Waals surface area contributed by atoms with Gasteiger partial charge in [0, 0.05) is 6.54 Å². The van der Waals surface area contributed by atoms with E-state index in [4.69, 9.17) is 4.55 Å². The van der Waals surface area contributed by atoms with Crippen LogP contribution in [0.5, 0.6) is 0 Å². The summed E-state index contributed by atoms with van der Waals surface area (Å²) in [6.45, 7) is -0.772. The molecule has 0 aliphatic carbocycles. The normalized spacial score (nSPS) is 22.1. The minimum absolute atomic E-state index is 0.316. The van der Waals surface area contributed by atoms with E-state index in [1.807, 2.05) is 0 Å². The highest BCUT2D eigenvalue weighted by molar-refractivity contribution is 7.86. The zero-order chi connectivity index (χ0) is 12.4. The smallest absolute Gasteiger partial charge is 0.402 e. The summed E-state index contributed by atoms with van der Waals surface area (Å²) in [5.41, 5.74) is 0. The van der Waals surface area contributed by atoms with Crippen molar-refractivity contribution >= 4 is 16.1 Å². The molecule has 1 atom stereocenters. The van der Waals surface area contributed by atoms with Gasteiger partial charge in [-0.3, -0.25) is 9.35 Å². The number of hydrogen-bond acceptors (Lipinski definition) is 5. The van der Waals surface area contributed by atoms with E-state index in [2.05, 4.69) is 10.1 Å². The maximum Gasteiger partial charge on any atom is 0.402 e. The van der Waals surface area contributed by atoms with Crippen LogP contribution in [-0.4, -0.2) is 43.9 Å². The van der Waals surface area contributed by atoms with Crippen molar-refractivity contribution in [2.75, 3.05) is 19.7 Å². The number of hydrogen-bond donors (Lipinski definition) is 2. The maximum atomic E-state index is 12.6. The van der Waals surface area contributed by atoms with E-state index in [-0.39, 0.29) is 0 Å². The highest BCUT2D eigenvalue weighted by Gasteiger charge is 2.46. The lowest BCUT2D eigenvalue weighted by Gasteiger charge is -2.14. The monoisotopic (exact) mass is 259 g/mol. The van der Waals surface area contributed by atoms with Crippen molar-refractivity contribution in [1.82, 2.24) is 5.32 Å². The second kappa shape index (κ2) is 4.60. The Balaban J connectivity index is 2.48. The molecule has 16 heavy (non-hydrogen) atoms. The number of ether oxygens (including phenoxy) is 1. The fourth-order valence-corrected chi connectivity index (χ4v) is 1.41. The molecule has 1 aliphatic rings. The number of nitrogens with one attached hydrogen (secondary N) is 1. The predicted octanol–water partition coefficient (Wildman–Crippen LogP) is -0.380. The molecule has 1 heterocycles. The second-order valence-corrected chi connectivity index (χ2v) is 4.96. The van der Waals surface area contributed by atoms with Crippen LogP contribution in [0.1, 0.15) is 6.42 Å². The summed E-state index contributed by atoms with van der Waals surface area (Å²) < 4.78 is 58.0. The van der Waals surface area contributed by atoms with E-state index in [0.717, 1.165) is 0 Å². The van der Waals surface area contributed by atoms with Crippen LogP contribution >= 0.6 is 0 Å². The Labute approximate surface area is 90.7 Å². The van der Waals surface area contributed by atoms with Gasteiger partial charge in [0.05, 0.1) is 5.92 Å². The highest BCUT2D eigenvalue weighted by atomic mass is 32.2. The average molecular weight is 259 g/mol. The van der Waals surface area contributed by atoms with Gasteiger partial charge in [0.15, 0.2) is 6.61 Å². The fraction of sp³-hybridized carbons (Fsp3) is 0.857. The first-order valence-electron chi connectivity index (χ1n) is 4.46. The third-order valence-electron chi connectivity index (χ3n) is 2.15. The largest absolute Gasteiger partial charge is 0.458 e. The molecule has 0 aromatic carbocycles. The van der Waals surface area contributed by atoms with Crippen LogP contribution in [0.25, 0.3) is 0 Å².